The second-order valence-corrected chi connectivity index (χ2v) is 5.97. The molecule has 124 valence electrons. The van der Waals surface area contributed by atoms with Crippen LogP contribution in [-0.4, -0.2) is 34.8 Å². The summed E-state index contributed by atoms with van der Waals surface area (Å²) < 4.78 is 13.1. The van der Waals surface area contributed by atoms with Crippen molar-refractivity contribution in [2.24, 2.45) is 0 Å². The minimum atomic E-state index is -0.624. The number of hydrogen-bond acceptors (Lipinski definition) is 3. The summed E-state index contributed by atoms with van der Waals surface area (Å²) in [5.74, 6) is -1.19. The number of piperazine rings is 1. The lowest BCUT2D eigenvalue weighted by Crippen LogP contribution is -2.54. The zero-order chi connectivity index (χ0) is 17.3. The molecule has 1 aromatic carbocycles. The number of nitrogens with zero attached hydrogens (tertiary/aromatic N) is 3. The molecule has 0 bridgehead atoms. The molecule has 1 aliphatic heterocycles. The van der Waals surface area contributed by atoms with E-state index in [9.17, 15) is 14.0 Å². The lowest BCUT2D eigenvalue weighted by Gasteiger charge is -2.33. The van der Waals surface area contributed by atoms with E-state index in [4.69, 9.17) is 11.6 Å². The summed E-state index contributed by atoms with van der Waals surface area (Å²) in [4.78, 5) is 31.8. The van der Waals surface area contributed by atoms with Crippen LogP contribution in [0.25, 0.3) is 0 Å². The Morgan fingerprint density at radius 1 is 1.21 bits per heavy atom. The summed E-state index contributed by atoms with van der Waals surface area (Å²) in [6.45, 7) is 2.71. The van der Waals surface area contributed by atoms with Gasteiger partial charge in [-0.25, -0.2) is 9.37 Å². The lowest BCUT2D eigenvalue weighted by atomic mass is 10.1. The van der Waals surface area contributed by atoms with E-state index in [2.05, 4.69) is 4.98 Å². The third-order valence-electron chi connectivity index (χ3n) is 3.92. The van der Waals surface area contributed by atoms with Gasteiger partial charge < -0.3 is 4.90 Å². The first-order valence-corrected chi connectivity index (χ1v) is 7.81. The minimum Gasteiger partial charge on any atom is -0.328 e. The molecule has 0 atom stereocenters. The topological polar surface area (TPSA) is 53.5 Å². The zero-order valence-electron chi connectivity index (χ0n) is 13.0. The number of rotatable bonds is 3. The van der Waals surface area contributed by atoms with E-state index in [0.29, 0.717) is 24.5 Å². The predicted molar refractivity (Wildman–Crippen MR) is 88.2 cm³/mol. The number of pyridine rings is 1. The molecule has 7 heteroatoms. The van der Waals surface area contributed by atoms with Crippen LogP contribution in [-0.2, 0) is 16.1 Å². The van der Waals surface area contributed by atoms with Crippen LogP contribution < -0.4 is 4.90 Å². The van der Waals surface area contributed by atoms with Crippen molar-refractivity contribution in [2.75, 3.05) is 18.0 Å². The summed E-state index contributed by atoms with van der Waals surface area (Å²) in [5, 5.41) is 0.234. The number of hydrogen-bond donors (Lipinski definition) is 0. The Labute approximate surface area is 143 Å². The van der Waals surface area contributed by atoms with Gasteiger partial charge >= 0.3 is 11.8 Å². The molecule has 0 unspecified atom stereocenters. The van der Waals surface area contributed by atoms with Crippen LogP contribution in [0.3, 0.4) is 0 Å². The van der Waals surface area contributed by atoms with E-state index in [0.717, 1.165) is 5.56 Å². The second-order valence-electron chi connectivity index (χ2n) is 5.56. The van der Waals surface area contributed by atoms with E-state index in [1.807, 2.05) is 13.0 Å². The first-order chi connectivity index (χ1) is 11.5. The fraction of sp³-hybridized carbons (Fsp3) is 0.235. The van der Waals surface area contributed by atoms with Crippen molar-refractivity contribution in [3.63, 3.8) is 0 Å². The summed E-state index contributed by atoms with van der Waals surface area (Å²) >= 11 is 5.99. The van der Waals surface area contributed by atoms with Crippen LogP contribution in [0.2, 0.25) is 5.02 Å². The summed E-state index contributed by atoms with van der Waals surface area (Å²) in [7, 11) is 0. The Balaban J connectivity index is 1.78. The monoisotopic (exact) mass is 347 g/mol. The molecule has 1 saturated heterocycles. The Hall–Kier alpha value is -2.47. The highest BCUT2D eigenvalue weighted by Crippen LogP contribution is 2.23. The SMILES string of the molecule is Cc1cccnc1N1CCN(Cc2ccc(F)cc2Cl)C(=O)C1=O. The maximum atomic E-state index is 13.1. The van der Waals surface area contributed by atoms with Crippen molar-refractivity contribution in [2.45, 2.75) is 13.5 Å². The number of aryl methyl sites for hydroxylation is 1. The first-order valence-electron chi connectivity index (χ1n) is 7.43. The van der Waals surface area contributed by atoms with Gasteiger partial charge in [0.15, 0.2) is 0 Å². The summed E-state index contributed by atoms with van der Waals surface area (Å²) in [6, 6.07) is 7.60. The molecule has 24 heavy (non-hydrogen) atoms. The van der Waals surface area contributed by atoms with E-state index in [1.54, 1.807) is 12.3 Å². The van der Waals surface area contributed by atoms with Crippen molar-refractivity contribution < 1.29 is 14.0 Å². The second kappa shape index (κ2) is 6.57. The van der Waals surface area contributed by atoms with Gasteiger partial charge in [0.05, 0.1) is 0 Å². The van der Waals surface area contributed by atoms with Gasteiger partial charge in [0.2, 0.25) is 0 Å². The average molecular weight is 348 g/mol. The summed E-state index contributed by atoms with van der Waals surface area (Å²) in [6.07, 6.45) is 1.59. The molecule has 2 aromatic rings. The maximum absolute atomic E-state index is 13.1. The Morgan fingerprint density at radius 3 is 2.71 bits per heavy atom. The highest BCUT2D eigenvalue weighted by Gasteiger charge is 2.34. The number of carbonyl (C=O) groups excluding carboxylic acids is 2. The smallest absolute Gasteiger partial charge is 0.317 e. The third-order valence-corrected chi connectivity index (χ3v) is 4.27. The molecule has 2 amide bonds. The lowest BCUT2D eigenvalue weighted by molar-refractivity contribution is -0.146. The van der Waals surface area contributed by atoms with Gasteiger partial charge in [0.25, 0.3) is 0 Å². The molecule has 1 aromatic heterocycles. The van der Waals surface area contributed by atoms with Crippen molar-refractivity contribution in [3.8, 4) is 0 Å². The molecule has 3 rings (SSSR count). The van der Waals surface area contributed by atoms with Crippen molar-refractivity contribution in [3.05, 3.63) is 58.5 Å². The van der Waals surface area contributed by atoms with Gasteiger partial charge in [0, 0.05) is 30.9 Å². The molecule has 0 spiro atoms. The van der Waals surface area contributed by atoms with Gasteiger partial charge in [-0.2, -0.15) is 0 Å². The van der Waals surface area contributed by atoms with E-state index >= 15 is 0 Å². The van der Waals surface area contributed by atoms with Crippen molar-refractivity contribution in [1.82, 2.24) is 9.88 Å². The number of aromatic nitrogens is 1. The Bertz CT molecular complexity index is 812. The molecule has 2 heterocycles. The largest absolute Gasteiger partial charge is 0.328 e. The third kappa shape index (κ3) is 3.10. The summed E-state index contributed by atoms with van der Waals surface area (Å²) in [5.41, 5.74) is 1.43. The van der Waals surface area contributed by atoms with E-state index in [-0.39, 0.29) is 11.6 Å². The number of benzene rings is 1. The highest BCUT2D eigenvalue weighted by atomic mass is 35.5. The van der Waals surface area contributed by atoms with Gasteiger partial charge in [-0.05, 0) is 36.2 Å². The molecule has 1 aliphatic rings. The van der Waals surface area contributed by atoms with Gasteiger partial charge in [-0.15, -0.1) is 0 Å². The minimum absolute atomic E-state index is 0.165. The number of anilines is 1. The van der Waals surface area contributed by atoms with Crippen LogP contribution in [0.5, 0.6) is 0 Å². The van der Waals surface area contributed by atoms with Gasteiger partial charge in [-0.3, -0.25) is 14.5 Å². The van der Waals surface area contributed by atoms with Gasteiger partial charge in [0.1, 0.15) is 11.6 Å². The van der Waals surface area contributed by atoms with Crippen molar-refractivity contribution in [1.29, 1.82) is 0 Å². The Morgan fingerprint density at radius 2 is 2.00 bits per heavy atom. The molecule has 5 nitrogen and oxygen atoms in total. The Kier molecular flexibility index (Phi) is 4.49. The zero-order valence-corrected chi connectivity index (χ0v) is 13.8. The highest BCUT2D eigenvalue weighted by molar-refractivity contribution is 6.41. The number of amides is 2. The van der Waals surface area contributed by atoms with Crippen LogP contribution in [0.15, 0.2) is 36.5 Å². The molecule has 1 fully saturated rings. The fourth-order valence-electron chi connectivity index (χ4n) is 2.64. The van der Waals surface area contributed by atoms with Crippen LogP contribution in [0.1, 0.15) is 11.1 Å². The molecule has 0 N–H and O–H groups in total. The van der Waals surface area contributed by atoms with Crippen molar-refractivity contribution >= 4 is 29.2 Å². The van der Waals surface area contributed by atoms with Crippen LogP contribution in [0.4, 0.5) is 10.2 Å². The molecular weight excluding hydrogens is 333 g/mol. The molecule has 0 saturated carbocycles. The number of halogens is 2. The van der Waals surface area contributed by atoms with Crippen LogP contribution >= 0.6 is 11.6 Å². The normalized spacial score (nSPS) is 15.1. The molecule has 0 aliphatic carbocycles. The van der Waals surface area contributed by atoms with E-state index < -0.39 is 17.6 Å². The van der Waals surface area contributed by atoms with Crippen LogP contribution in [0, 0.1) is 12.7 Å². The first kappa shape index (κ1) is 16.4. The van der Waals surface area contributed by atoms with E-state index in [1.165, 1.54) is 28.0 Å². The average Bonchev–Trinajstić information content (AvgIpc) is 2.55. The molecule has 0 radical (unpaired) electrons. The number of carbonyl (C=O) groups is 2. The van der Waals surface area contributed by atoms with Gasteiger partial charge in [-0.1, -0.05) is 23.7 Å². The fourth-order valence-corrected chi connectivity index (χ4v) is 2.87. The standard InChI is InChI=1S/C17H15ClFN3O2/c1-11-3-2-6-20-15(11)22-8-7-21(16(23)17(22)24)10-12-4-5-13(19)9-14(12)18/h2-6,9H,7-8,10H2,1H3. The maximum Gasteiger partial charge on any atom is 0.317 e. The molecular formula is C17H15ClFN3O2. The predicted octanol–water partition coefficient (Wildman–Crippen LogP) is 2.56. The quantitative estimate of drug-likeness (QED) is 0.802.